The Balaban J connectivity index is 2.28. The van der Waals surface area contributed by atoms with Crippen molar-refractivity contribution in [2.45, 2.75) is 45.8 Å². The van der Waals surface area contributed by atoms with Crippen LogP contribution in [-0.2, 0) is 9.31 Å². The fourth-order valence-electron chi connectivity index (χ4n) is 2.04. The summed E-state index contributed by atoms with van der Waals surface area (Å²) in [6, 6.07) is 1.84. The van der Waals surface area contributed by atoms with Crippen molar-refractivity contribution in [3.8, 4) is 0 Å². The van der Waals surface area contributed by atoms with Crippen molar-refractivity contribution in [3.63, 3.8) is 0 Å². The number of aryl methyl sites for hydroxylation is 1. The van der Waals surface area contributed by atoms with Gasteiger partial charge in [0.05, 0.1) is 22.4 Å². The van der Waals surface area contributed by atoms with E-state index in [1.54, 1.807) is 13.2 Å². The summed E-state index contributed by atoms with van der Waals surface area (Å²) in [5, 5.41) is 2.60. The number of aromatic nitrogens is 1. The van der Waals surface area contributed by atoms with Gasteiger partial charge in [-0.05, 0) is 46.2 Å². The minimum atomic E-state index is -0.502. The number of nitrogens with zero attached hydrogens (tertiary/aromatic N) is 1. The Labute approximate surface area is 120 Å². The van der Waals surface area contributed by atoms with Crippen LogP contribution in [0, 0.1) is 6.92 Å². The van der Waals surface area contributed by atoms with Gasteiger partial charge in [-0.1, -0.05) is 0 Å². The minimum Gasteiger partial charge on any atom is -0.398 e. The van der Waals surface area contributed by atoms with Crippen molar-refractivity contribution in [3.05, 3.63) is 23.4 Å². The molecule has 1 aromatic heterocycles. The highest BCUT2D eigenvalue weighted by molar-refractivity contribution is 6.61. The Morgan fingerprint density at radius 1 is 1.25 bits per heavy atom. The van der Waals surface area contributed by atoms with Crippen LogP contribution >= 0.6 is 0 Å². The van der Waals surface area contributed by atoms with Crippen LogP contribution in [0.1, 0.15) is 43.6 Å². The molecular weight excluding hydrogens is 255 g/mol. The Bertz CT molecular complexity index is 527. The van der Waals surface area contributed by atoms with Crippen molar-refractivity contribution >= 4 is 18.6 Å². The largest absolute Gasteiger partial charge is 0.514 e. The molecule has 1 aromatic rings. The molecule has 1 aliphatic heterocycles. The number of carbonyl (C=O) groups is 1. The van der Waals surface area contributed by atoms with Crippen molar-refractivity contribution in [2.75, 3.05) is 7.05 Å². The highest BCUT2D eigenvalue weighted by Crippen LogP contribution is 2.36. The zero-order valence-electron chi connectivity index (χ0n) is 12.9. The molecule has 0 radical (unpaired) electrons. The molecule has 1 aliphatic rings. The minimum absolute atomic E-state index is 0.143. The molecule has 2 heterocycles. The third-order valence-corrected chi connectivity index (χ3v) is 4.10. The summed E-state index contributed by atoms with van der Waals surface area (Å²) in [7, 11) is 1.10. The maximum Gasteiger partial charge on any atom is 0.514 e. The lowest BCUT2D eigenvalue weighted by atomic mass is 9.83. The molecule has 20 heavy (non-hydrogen) atoms. The van der Waals surface area contributed by atoms with Crippen LogP contribution in [-0.4, -0.2) is 36.3 Å². The molecule has 0 saturated carbocycles. The average molecular weight is 276 g/mol. The van der Waals surface area contributed by atoms with Gasteiger partial charge in [0.15, 0.2) is 0 Å². The lowest BCUT2D eigenvalue weighted by Gasteiger charge is -2.32. The summed E-state index contributed by atoms with van der Waals surface area (Å²) in [4.78, 5) is 16.0. The maximum absolute atomic E-state index is 11.7. The van der Waals surface area contributed by atoms with E-state index in [1.165, 1.54) is 0 Å². The lowest BCUT2D eigenvalue weighted by molar-refractivity contribution is 0.00578. The molecule has 0 spiro atoms. The lowest BCUT2D eigenvalue weighted by Crippen LogP contribution is -2.41. The molecule has 6 heteroatoms. The highest BCUT2D eigenvalue weighted by atomic mass is 16.7. The maximum atomic E-state index is 11.7. The molecule has 0 aliphatic carbocycles. The summed E-state index contributed by atoms with van der Waals surface area (Å²) in [6.45, 7) is 9.87. The van der Waals surface area contributed by atoms with Crippen molar-refractivity contribution in [2.24, 2.45) is 0 Å². The summed E-state index contributed by atoms with van der Waals surface area (Å²) in [5.41, 5.74) is 1.31. The van der Waals surface area contributed by atoms with Crippen LogP contribution in [0.2, 0.25) is 0 Å². The van der Waals surface area contributed by atoms with Gasteiger partial charge in [-0.25, -0.2) is 0 Å². The molecule has 1 N–H and O–H groups in total. The molecule has 0 bridgehead atoms. The topological polar surface area (TPSA) is 60.5 Å². The molecule has 2 rings (SSSR count). The van der Waals surface area contributed by atoms with E-state index in [0.29, 0.717) is 11.2 Å². The van der Waals surface area contributed by atoms with Gasteiger partial charge in [-0.3, -0.25) is 9.78 Å². The molecule has 108 valence electrons. The standard InChI is InChI=1S/C14H21BN2O3/c1-9-7-11(17-8-10(9)12(18)16-6)15-19-13(2,3)14(4,5)20-15/h7-8H,1-6H3,(H,16,18). The van der Waals surface area contributed by atoms with Crippen LogP contribution in [0.4, 0.5) is 0 Å². The molecule has 5 nitrogen and oxygen atoms in total. The zero-order valence-corrected chi connectivity index (χ0v) is 12.9. The van der Waals surface area contributed by atoms with Crippen molar-refractivity contribution in [1.29, 1.82) is 0 Å². The van der Waals surface area contributed by atoms with Crippen molar-refractivity contribution in [1.82, 2.24) is 10.3 Å². The number of amides is 1. The van der Waals surface area contributed by atoms with E-state index in [4.69, 9.17) is 9.31 Å². The quantitative estimate of drug-likeness (QED) is 0.820. The predicted molar refractivity (Wildman–Crippen MR) is 78.1 cm³/mol. The predicted octanol–water partition coefficient (Wildman–Crippen LogP) is 1.05. The first kappa shape index (κ1) is 15.0. The second-order valence-corrected chi connectivity index (χ2v) is 6.09. The summed E-state index contributed by atoms with van der Waals surface area (Å²) in [5.74, 6) is -0.143. The first-order chi connectivity index (χ1) is 9.18. The summed E-state index contributed by atoms with van der Waals surface area (Å²) < 4.78 is 11.9. The highest BCUT2D eigenvalue weighted by Gasteiger charge is 2.52. The van der Waals surface area contributed by atoms with Gasteiger partial charge < -0.3 is 14.6 Å². The van der Waals surface area contributed by atoms with Crippen LogP contribution in [0.5, 0.6) is 0 Å². The van der Waals surface area contributed by atoms with E-state index in [2.05, 4.69) is 10.3 Å². The zero-order chi connectivity index (χ0) is 15.1. The smallest absolute Gasteiger partial charge is 0.398 e. The van der Waals surface area contributed by atoms with Crippen LogP contribution in [0.3, 0.4) is 0 Å². The third kappa shape index (κ3) is 2.45. The van der Waals surface area contributed by atoms with E-state index in [-0.39, 0.29) is 5.91 Å². The van der Waals surface area contributed by atoms with Gasteiger partial charge in [-0.2, -0.15) is 0 Å². The average Bonchev–Trinajstić information content (AvgIpc) is 2.57. The van der Waals surface area contributed by atoms with Crippen molar-refractivity contribution < 1.29 is 14.1 Å². The second kappa shape index (κ2) is 4.86. The van der Waals surface area contributed by atoms with Crippen LogP contribution in [0.15, 0.2) is 12.3 Å². The van der Waals surface area contributed by atoms with Gasteiger partial charge >= 0.3 is 7.12 Å². The Morgan fingerprint density at radius 3 is 2.25 bits per heavy atom. The molecule has 1 saturated heterocycles. The fraction of sp³-hybridized carbons (Fsp3) is 0.571. The number of pyridine rings is 1. The summed E-state index contributed by atoms with van der Waals surface area (Å²) >= 11 is 0. The summed E-state index contributed by atoms with van der Waals surface area (Å²) in [6.07, 6.45) is 1.56. The van der Waals surface area contributed by atoms with E-state index in [1.807, 2.05) is 40.7 Å². The monoisotopic (exact) mass is 276 g/mol. The molecule has 0 unspecified atom stereocenters. The van der Waals surface area contributed by atoms with Gasteiger partial charge in [-0.15, -0.1) is 0 Å². The number of nitrogens with one attached hydrogen (secondary N) is 1. The first-order valence-electron chi connectivity index (χ1n) is 6.72. The van der Waals surface area contributed by atoms with E-state index in [9.17, 15) is 4.79 Å². The molecule has 0 aromatic carbocycles. The first-order valence-corrected chi connectivity index (χ1v) is 6.72. The second-order valence-electron chi connectivity index (χ2n) is 6.09. The van der Waals surface area contributed by atoms with Gasteiger partial charge in [0.1, 0.15) is 0 Å². The molecule has 1 fully saturated rings. The van der Waals surface area contributed by atoms with Crippen LogP contribution < -0.4 is 10.9 Å². The van der Waals surface area contributed by atoms with Gasteiger partial charge in [0.25, 0.3) is 5.91 Å². The normalized spacial score (nSPS) is 20.0. The van der Waals surface area contributed by atoms with Gasteiger partial charge in [0, 0.05) is 13.2 Å². The van der Waals surface area contributed by atoms with E-state index < -0.39 is 18.3 Å². The molecule has 0 atom stereocenters. The Kier molecular flexibility index (Phi) is 3.65. The number of hydrogen-bond donors (Lipinski definition) is 1. The van der Waals surface area contributed by atoms with E-state index in [0.717, 1.165) is 5.56 Å². The fourth-order valence-corrected chi connectivity index (χ4v) is 2.04. The molecule has 1 amide bonds. The number of rotatable bonds is 2. The SMILES string of the molecule is CNC(=O)c1cnc(B2OC(C)(C)C(C)(C)O2)cc1C. The number of hydrogen-bond acceptors (Lipinski definition) is 4. The Hall–Kier alpha value is -1.40. The van der Waals surface area contributed by atoms with Gasteiger partial charge in [0.2, 0.25) is 0 Å². The molecular formula is C14H21BN2O3. The Morgan fingerprint density at radius 2 is 1.80 bits per heavy atom. The third-order valence-electron chi connectivity index (χ3n) is 4.10. The van der Waals surface area contributed by atoms with Crippen LogP contribution in [0.25, 0.3) is 0 Å². The number of carbonyl (C=O) groups excluding carboxylic acids is 1. The van der Waals surface area contributed by atoms with E-state index >= 15 is 0 Å².